The number of carboxylic acid groups (broad SMARTS) is 2. The van der Waals surface area contributed by atoms with Gasteiger partial charge < -0.3 is 200 Å². The van der Waals surface area contributed by atoms with Crippen molar-refractivity contribution in [3.05, 3.63) is 0 Å². The fourth-order valence-corrected chi connectivity index (χ4v) is 12.9. The maximum Gasteiger partial charge on any atom is 0.364 e. The van der Waals surface area contributed by atoms with Gasteiger partial charge in [-0.2, -0.15) is 0 Å². The van der Waals surface area contributed by atoms with Crippen LogP contribution in [0.3, 0.4) is 0 Å². The molecule has 102 heavy (non-hydrogen) atoms. The number of hydrogen-bond acceptors (Lipinski definition) is 40. The van der Waals surface area contributed by atoms with Gasteiger partial charge in [0.2, 0.25) is 23.6 Å². The number of amides is 4. The lowest BCUT2D eigenvalue weighted by molar-refractivity contribution is -0.401. The fraction of sp³-hybridized carbons (Fsp3) is 0.893. The number of ether oxygens (including phenoxy) is 13. The molecule has 588 valence electrons. The maximum atomic E-state index is 13.9. The number of carboxylic acids is 2. The third-order valence-electron chi connectivity index (χ3n) is 18.1. The zero-order valence-corrected chi connectivity index (χ0v) is 54.6. The van der Waals surface area contributed by atoms with Crippen LogP contribution in [0.25, 0.3) is 0 Å². The lowest BCUT2D eigenvalue weighted by atomic mass is 9.88. The van der Waals surface area contributed by atoms with Crippen LogP contribution < -0.4 is 21.3 Å². The van der Waals surface area contributed by atoms with Gasteiger partial charge in [-0.1, -0.05) is 0 Å². The van der Waals surface area contributed by atoms with Gasteiger partial charge in [0.15, 0.2) is 31.5 Å². The van der Waals surface area contributed by atoms with Gasteiger partial charge in [-0.25, -0.2) is 9.59 Å². The molecule has 7 aliphatic heterocycles. The van der Waals surface area contributed by atoms with Gasteiger partial charge in [-0.05, 0) is 0 Å². The number of nitrogens with one attached hydrogen (secondary N) is 4. The van der Waals surface area contributed by atoms with E-state index in [1.54, 1.807) is 0 Å². The molecule has 4 amide bonds. The Kier molecular flexibility index (Phi) is 29.8. The second-order valence-electron chi connectivity index (χ2n) is 25.4. The summed E-state index contributed by atoms with van der Waals surface area (Å²) in [5.41, 5.74) is 0. The average Bonchev–Trinajstić information content (AvgIpc) is 0.747. The predicted molar refractivity (Wildman–Crippen MR) is 313 cm³/mol. The summed E-state index contributed by atoms with van der Waals surface area (Å²) in [7, 11) is 0. The molecule has 0 radical (unpaired) electrons. The number of hydrogen-bond donors (Lipinski definition) is 27. The number of aliphatic carboxylic acids is 2. The number of rotatable bonds is 29. The Hall–Kier alpha value is -4.54. The number of carbonyl (C=O) groups excluding carboxylic acids is 4. The van der Waals surface area contributed by atoms with Crippen LogP contribution in [0.15, 0.2) is 0 Å². The smallest absolute Gasteiger partial charge is 0.364 e. The minimum atomic E-state index is -3.54. The van der Waals surface area contributed by atoms with E-state index in [0.717, 1.165) is 27.7 Å². The molecule has 7 rings (SSSR count). The molecule has 0 spiro atoms. The highest BCUT2D eigenvalue weighted by atomic mass is 16.8. The van der Waals surface area contributed by atoms with Crippen LogP contribution in [0.4, 0.5) is 0 Å². The van der Waals surface area contributed by atoms with Gasteiger partial charge in [0, 0.05) is 40.5 Å². The van der Waals surface area contributed by atoms with Crippen molar-refractivity contribution in [2.24, 2.45) is 0 Å². The highest BCUT2D eigenvalue weighted by molar-refractivity contribution is 5.78. The van der Waals surface area contributed by atoms with E-state index >= 15 is 0 Å². The molecule has 0 aliphatic carbocycles. The topological polar surface area (TPSA) is 736 Å². The van der Waals surface area contributed by atoms with Gasteiger partial charge >= 0.3 is 11.9 Å². The molecule has 0 bridgehead atoms. The summed E-state index contributed by atoms with van der Waals surface area (Å²) in [6.45, 7) is -5.15. The lowest BCUT2D eigenvalue weighted by Crippen LogP contribution is -2.73. The Morgan fingerprint density at radius 3 is 1.27 bits per heavy atom. The molecule has 27 N–H and O–H groups in total. The number of aliphatic hydroxyl groups excluding tert-OH is 21. The molecule has 0 saturated carbocycles. The van der Waals surface area contributed by atoms with Crippen molar-refractivity contribution in [1.82, 2.24) is 21.3 Å². The largest absolute Gasteiger partial charge is 0.477 e. The molecule has 0 unspecified atom stereocenters. The van der Waals surface area contributed by atoms with E-state index in [0.29, 0.717) is 0 Å². The second-order valence-corrected chi connectivity index (χ2v) is 25.4. The van der Waals surface area contributed by atoms with Crippen LogP contribution in [0.2, 0.25) is 0 Å². The molecule has 46 heteroatoms. The monoisotopic (exact) mass is 1490 g/mol. The van der Waals surface area contributed by atoms with Crippen LogP contribution in [0.1, 0.15) is 40.5 Å². The molecule has 0 aromatic heterocycles. The van der Waals surface area contributed by atoms with Crippen molar-refractivity contribution in [1.29, 1.82) is 0 Å². The molecular weight excluding hydrogens is 1400 g/mol. The van der Waals surface area contributed by atoms with Crippen LogP contribution in [-0.2, 0) is 90.3 Å². The Balaban J connectivity index is 1.37. The average molecular weight is 1490 g/mol. The van der Waals surface area contributed by atoms with E-state index in [1.807, 2.05) is 0 Å². The first-order chi connectivity index (χ1) is 47.9. The van der Waals surface area contributed by atoms with Gasteiger partial charge in [0.1, 0.15) is 159 Å². The Bertz CT molecular complexity index is 2770. The van der Waals surface area contributed by atoms with Gasteiger partial charge in [-0.3, -0.25) is 19.2 Å². The van der Waals surface area contributed by atoms with E-state index in [4.69, 9.17) is 61.6 Å². The number of carbonyl (C=O) groups is 6. The first-order valence-corrected chi connectivity index (χ1v) is 31.9. The minimum Gasteiger partial charge on any atom is -0.477 e. The van der Waals surface area contributed by atoms with Gasteiger partial charge in [-0.15, -0.1) is 0 Å². The quantitative estimate of drug-likeness (QED) is 0.0331. The van der Waals surface area contributed by atoms with Crippen LogP contribution >= 0.6 is 0 Å². The Morgan fingerprint density at radius 2 is 0.784 bits per heavy atom. The van der Waals surface area contributed by atoms with Crippen LogP contribution in [-0.4, -0.2) is 425 Å². The molecule has 7 fully saturated rings. The van der Waals surface area contributed by atoms with E-state index < -0.39 is 321 Å². The molecule has 0 aromatic rings. The normalized spacial score (nSPS) is 44.6. The SMILES string of the molecule is CC(=O)N[C@H]1[C@H](O[C@@H]2[C@H](O[C@]3(C(=O)O)C[C@H](O)[C@@H](NC(C)=O)[C@H]([C@H](O)[C@H](O)CO)O3)[C@@H](O)[C@H](O[C@H]3[C@H](O)[C@@H](CO[C@]4(C(=O)O)C[C@H](O)[C@@H](NC(C)=O)[C@H]([C@H](O)[C@H](O)CO)O4)O[C@@H](O[C@H]4[C@@H](O)[C@@H](CO)O[C@@H](O[C@H]5[C@H](O)[C@@H](O)[C@H](O)O[C@@H]5CO)[C@@H]4O)[C@@H]3NC(C)=O)O[C@@H]2CO)O[C@H](CO)[C@H](O)[C@@H]1O. The van der Waals surface area contributed by atoms with Gasteiger partial charge in [0.25, 0.3) is 11.6 Å². The third kappa shape index (κ3) is 18.5. The first-order valence-electron chi connectivity index (χ1n) is 31.9. The Labute approximate surface area is 576 Å². The predicted octanol–water partition coefficient (Wildman–Crippen LogP) is -17.3. The summed E-state index contributed by atoms with van der Waals surface area (Å²) in [6, 6.07) is -7.85. The summed E-state index contributed by atoms with van der Waals surface area (Å²) in [5, 5.41) is 263. The van der Waals surface area contributed by atoms with E-state index in [-0.39, 0.29) is 0 Å². The Morgan fingerprint density at radius 1 is 0.402 bits per heavy atom. The van der Waals surface area contributed by atoms with Crippen molar-refractivity contribution in [3.8, 4) is 0 Å². The molecule has 37 atom stereocenters. The van der Waals surface area contributed by atoms with Crippen molar-refractivity contribution in [2.45, 2.75) is 266 Å². The van der Waals surface area contributed by atoms with Gasteiger partial charge in [0.05, 0.1) is 70.5 Å². The standard InChI is InChI=1S/C56H92N4O42/c1-14(67)57-27-18(71)5-55(53(86)87,100-44(27)31(75)20(73)7-61)90-13-26-35(79)43(30(60-17(4)70)50(95-26)99-46-34(78)23(10-64)93-51(39(46)83)96-41-24(11-65)91-48(85)38(82)37(41)81)98-52-40(84)47(42(25(12-66)94-52)97-49-29(59-16(3)69)36(80)33(77)22(9-63)92-49)102-56(54(88)89)6-19(72)28(58-15(2)68)45(101-56)32(76)21(74)8-62/h18-52,61-66,71-85H,5-13H2,1-4H3,(H,57,67)(H,58,68)(H,59,69)(H,60,70)(H,86,87)(H,88,89)/t18-,19-,20+,21+,22+,23+,24+,25+,26+,27+,28+,29+,30+,31+,32+,33-,34-,35+,36+,37+,38+,39+,40+,41+,42-,43+,44+,45+,46-,47+,48+,49-,50-,51-,52-,55+,56-/m0/s1. The summed E-state index contributed by atoms with van der Waals surface area (Å²) < 4.78 is 76.5. The molecule has 7 heterocycles. The van der Waals surface area contributed by atoms with Crippen molar-refractivity contribution in [3.63, 3.8) is 0 Å². The van der Waals surface area contributed by atoms with Crippen molar-refractivity contribution >= 4 is 35.6 Å². The van der Waals surface area contributed by atoms with Crippen molar-refractivity contribution < 1.29 is 208 Å². The summed E-state index contributed by atoms with van der Waals surface area (Å²) >= 11 is 0. The molecule has 7 saturated heterocycles. The number of aliphatic hydroxyl groups is 21. The summed E-state index contributed by atoms with van der Waals surface area (Å²) in [4.78, 5) is 78.3. The first kappa shape index (κ1) is 84.7. The molecule has 46 nitrogen and oxygen atoms in total. The maximum absolute atomic E-state index is 13.9. The summed E-state index contributed by atoms with van der Waals surface area (Å²) in [6.07, 6.45) is -73.0. The molecule has 7 aliphatic rings. The van der Waals surface area contributed by atoms with Crippen LogP contribution in [0, 0.1) is 0 Å². The fourth-order valence-electron chi connectivity index (χ4n) is 12.9. The lowest BCUT2D eigenvalue weighted by Gasteiger charge is -2.53. The molecular formula is C56H92N4O42. The molecule has 0 aromatic carbocycles. The van der Waals surface area contributed by atoms with E-state index in [2.05, 4.69) is 21.3 Å². The van der Waals surface area contributed by atoms with E-state index in [9.17, 15) is 146 Å². The zero-order chi connectivity index (χ0) is 76.1. The van der Waals surface area contributed by atoms with E-state index in [1.165, 1.54) is 0 Å². The van der Waals surface area contributed by atoms with Crippen LogP contribution in [0.5, 0.6) is 0 Å². The highest BCUT2D eigenvalue weighted by Gasteiger charge is 2.64. The second kappa shape index (κ2) is 35.9. The van der Waals surface area contributed by atoms with Crippen molar-refractivity contribution in [2.75, 3.05) is 46.2 Å². The summed E-state index contributed by atoms with van der Waals surface area (Å²) in [5.74, 6) is -15.2. The third-order valence-corrected chi connectivity index (χ3v) is 18.1. The zero-order valence-electron chi connectivity index (χ0n) is 54.6. The minimum absolute atomic E-state index is 0.817. The highest BCUT2D eigenvalue weighted by Crippen LogP contribution is 2.42.